The van der Waals surface area contributed by atoms with E-state index in [0.717, 1.165) is 16.0 Å². The number of ether oxygens (including phenoxy) is 2. The van der Waals surface area contributed by atoms with Crippen molar-refractivity contribution in [2.45, 2.75) is 44.0 Å². The molecule has 2 heterocycles. The lowest BCUT2D eigenvalue weighted by Gasteiger charge is -2.36. The third-order valence-electron chi connectivity index (χ3n) is 5.70. The van der Waals surface area contributed by atoms with Crippen LogP contribution in [0.5, 0.6) is 0 Å². The Morgan fingerprint density at radius 3 is 2.07 bits per heavy atom. The van der Waals surface area contributed by atoms with Crippen LogP contribution in [0.1, 0.15) is 18.1 Å². The van der Waals surface area contributed by atoms with Crippen LogP contribution < -0.4 is 0 Å². The highest BCUT2D eigenvalue weighted by atomic mass is 19.3. The molecule has 4 atom stereocenters. The summed E-state index contributed by atoms with van der Waals surface area (Å²) in [6, 6.07) is 18.1. The number of aliphatic hydroxyl groups is 1. The van der Waals surface area contributed by atoms with E-state index in [1.54, 1.807) is 24.3 Å². The molecule has 0 bridgehead atoms. The van der Waals surface area contributed by atoms with Crippen LogP contribution in [0.15, 0.2) is 60.7 Å². The number of rotatable bonds is 6. The molecule has 29 heavy (non-hydrogen) atoms. The van der Waals surface area contributed by atoms with Crippen LogP contribution in [0, 0.1) is 5.92 Å². The topological polar surface area (TPSA) is 59.0 Å². The van der Waals surface area contributed by atoms with Gasteiger partial charge in [-0.15, -0.1) is 0 Å². The zero-order chi connectivity index (χ0) is 20.6. The highest BCUT2D eigenvalue weighted by Crippen LogP contribution is 2.52. The highest BCUT2D eigenvalue weighted by Gasteiger charge is 2.76. The Labute approximate surface area is 167 Å². The van der Waals surface area contributed by atoms with E-state index in [2.05, 4.69) is 0 Å². The van der Waals surface area contributed by atoms with Gasteiger partial charge in [-0.1, -0.05) is 67.6 Å². The number of benzene rings is 2. The summed E-state index contributed by atoms with van der Waals surface area (Å²) >= 11 is 0. The summed E-state index contributed by atoms with van der Waals surface area (Å²) in [4.78, 5) is 13.7. The fourth-order valence-corrected chi connectivity index (χ4v) is 4.05. The van der Waals surface area contributed by atoms with E-state index in [-0.39, 0.29) is 19.8 Å². The molecule has 5 nitrogen and oxygen atoms in total. The van der Waals surface area contributed by atoms with Crippen LogP contribution in [-0.2, 0) is 27.5 Å². The van der Waals surface area contributed by atoms with Crippen molar-refractivity contribution in [2.75, 3.05) is 6.54 Å². The zero-order valence-corrected chi connectivity index (χ0v) is 16.0. The Kier molecular flexibility index (Phi) is 5.14. The van der Waals surface area contributed by atoms with Crippen LogP contribution in [0.4, 0.5) is 8.78 Å². The molecule has 154 valence electrons. The number of halogens is 2. The second-order valence-electron chi connectivity index (χ2n) is 7.63. The fraction of sp³-hybridized carbons (Fsp3) is 0.409. The number of fused-ring (bicyclic) bond motifs is 1. The summed E-state index contributed by atoms with van der Waals surface area (Å²) in [6.45, 7) is 1.09. The van der Waals surface area contributed by atoms with Gasteiger partial charge in [0.1, 0.15) is 6.10 Å². The molecule has 4 rings (SSSR count). The normalized spacial score (nSPS) is 30.6. The second kappa shape index (κ2) is 7.48. The molecule has 2 aromatic rings. The lowest BCUT2D eigenvalue weighted by molar-refractivity contribution is -0.267. The van der Waals surface area contributed by atoms with Crippen molar-refractivity contribution in [1.29, 1.82) is 0 Å². The number of carbonyl (C=O) groups excluding carboxylic acids is 1. The average molecular weight is 403 g/mol. The van der Waals surface area contributed by atoms with Gasteiger partial charge in [0.05, 0.1) is 13.2 Å². The van der Waals surface area contributed by atoms with E-state index in [1.165, 1.54) is 6.92 Å². The minimum atomic E-state index is -3.52. The lowest BCUT2D eigenvalue weighted by Crippen LogP contribution is -2.60. The van der Waals surface area contributed by atoms with Crippen molar-refractivity contribution in [3.8, 4) is 0 Å². The summed E-state index contributed by atoms with van der Waals surface area (Å²) in [7, 11) is 0. The maximum absolute atomic E-state index is 15.0. The molecule has 1 N–H and O–H groups in total. The van der Waals surface area contributed by atoms with Crippen LogP contribution in [0.25, 0.3) is 0 Å². The first-order valence-corrected chi connectivity index (χ1v) is 9.58. The standard InChI is InChI=1S/C22H23F2NO4/c1-15-12-25-20(26)18(28-13-16-8-4-2-5-9-16)19(22(25,27)21(15,23)24)29-14-17-10-6-3-7-11-17/h2-11,15,18-19,27H,12-14H2,1H3/t15-,18-,19-,22-/m1/s1. The van der Waals surface area contributed by atoms with Crippen LogP contribution in [0.2, 0.25) is 0 Å². The molecule has 0 radical (unpaired) electrons. The predicted octanol–water partition coefficient (Wildman–Crippen LogP) is 2.97. The molecule has 0 saturated carbocycles. The van der Waals surface area contributed by atoms with Gasteiger partial charge in [-0.05, 0) is 11.1 Å². The molecular weight excluding hydrogens is 380 g/mol. The van der Waals surface area contributed by atoms with E-state index in [4.69, 9.17) is 9.47 Å². The Morgan fingerprint density at radius 2 is 1.52 bits per heavy atom. The van der Waals surface area contributed by atoms with Crippen molar-refractivity contribution in [3.05, 3.63) is 71.8 Å². The van der Waals surface area contributed by atoms with Gasteiger partial charge in [0.2, 0.25) is 5.72 Å². The maximum atomic E-state index is 15.0. The summed E-state index contributed by atoms with van der Waals surface area (Å²) in [5.74, 6) is -5.38. The molecule has 2 fully saturated rings. The molecule has 2 saturated heterocycles. The molecule has 1 amide bonds. The summed E-state index contributed by atoms with van der Waals surface area (Å²) in [5.41, 5.74) is -1.20. The molecule has 2 aliphatic heterocycles. The van der Waals surface area contributed by atoms with Gasteiger partial charge in [-0.3, -0.25) is 4.79 Å². The third-order valence-corrected chi connectivity index (χ3v) is 5.70. The third kappa shape index (κ3) is 3.23. The Morgan fingerprint density at radius 1 is 1.00 bits per heavy atom. The van der Waals surface area contributed by atoms with Crippen molar-refractivity contribution < 1.29 is 28.2 Å². The highest BCUT2D eigenvalue weighted by molar-refractivity contribution is 5.86. The van der Waals surface area contributed by atoms with Gasteiger partial charge in [-0.2, -0.15) is 0 Å². The van der Waals surface area contributed by atoms with Crippen molar-refractivity contribution >= 4 is 5.91 Å². The van der Waals surface area contributed by atoms with Gasteiger partial charge in [0.15, 0.2) is 6.10 Å². The quantitative estimate of drug-likeness (QED) is 0.806. The summed E-state index contributed by atoms with van der Waals surface area (Å²) in [5, 5.41) is 11.1. The molecule has 2 aromatic carbocycles. The van der Waals surface area contributed by atoms with E-state index < -0.39 is 35.7 Å². The average Bonchev–Trinajstić information content (AvgIpc) is 3.05. The van der Waals surface area contributed by atoms with Gasteiger partial charge in [0, 0.05) is 12.5 Å². The smallest absolute Gasteiger partial charge is 0.301 e. The van der Waals surface area contributed by atoms with E-state index in [1.807, 2.05) is 36.4 Å². The number of carbonyl (C=O) groups is 1. The van der Waals surface area contributed by atoms with Gasteiger partial charge >= 0.3 is 5.92 Å². The first kappa shape index (κ1) is 19.9. The summed E-state index contributed by atoms with van der Waals surface area (Å²) < 4.78 is 41.4. The molecule has 2 aliphatic rings. The van der Waals surface area contributed by atoms with E-state index >= 15 is 0 Å². The molecule has 0 unspecified atom stereocenters. The number of hydrogen-bond acceptors (Lipinski definition) is 4. The van der Waals surface area contributed by atoms with Crippen molar-refractivity contribution in [2.24, 2.45) is 5.92 Å². The predicted molar refractivity (Wildman–Crippen MR) is 101 cm³/mol. The molecule has 0 aliphatic carbocycles. The van der Waals surface area contributed by atoms with Crippen LogP contribution in [-0.4, -0.2) is 46.3 Å². The number of alkyl halides is 2. The minimum absolute atomic E-state index is 0.0232. The zero-order valence-electron chi connectivity index (χ0n) is 16.0. The molecule has 7 heteroatoms. The van der Waals surface area contributed by atoms with Gasteiger partial charge in [-0.25, -0.2) is 8.78 Å². The lowest BCUT2D eigenvalue weighted by atomic mass is 9.93. The van der Waals surface area contributed by atoms with Crippen LogP contribution in [0.3, 0.4) is 0 Å². The Balaban J connectivity index is 1.61. The van der Waals surface area contributed by atoms with Crippen molar-refractivity contribution in [1.82, 2.24) is 4.90 Å². The molecular formula is C22H23F2NO4. The summed E-state index contributed by atoms with van der Waals surface area (Å²) in [6.07, 6.45) is -2.83. The second-order valence-corrected chi connectivity index (χ2v) is 7.63. The van der Waals surface area contributed by atoms with Crippen LogP contribution >= 0.6 is 0 Å². The number of nitrogens with zero attached hydrogens (tertiary/aromatic N) is 1. The largest absolute Gasteiger partial charge is 0.365 e. The Bertz CT molecular complexity index is 864. The maximum Gasteiger partial charge on any atom is 0.301 e. The minimum Gasteiger partial charge on any atom is -0.365 e. The van der Waals surface area contributed by atoms with Gasteiger partial charge < -0.3 is 19.5 Å². The van der Waals surface area contributed by atoms with Gasteiger partial charge in [0.25, 0.3) is 5.91 Å². The first-order chi connectivity index (χ1) is 13.9. The fourth-order valence-electron chi connectivity index (χ4n) is 4.05. The monoisotopic (exact) mass is 403 g/mol. The first-order valence-electron chi connectivity index (χ1n) is 9.58. The van der Waals surface area contributed by atoms with E-state index in [9.17, 15) is 18.7 Å². The van der Waals surface area contributed by atoms with Crippen molar-refractivity contribution in [3.63, 3.8) is 0 Å². The molecule has 0 spiro atoms. The SMILES string of the molecule is C[C@@H]1CN2C(=O)[C@H](OCc3ccccc3)[C@@H](OCc3ccccc3)[C@@]2(O)C1(F)F. The molecule has 0 aromatic heterocycles. The van der Waals surface area contributed by atoms with E-state index in [0.29, 0.717) is 0 Å². The number of amides is 1. The number of hydrogen-bond donors (Lipinski definition) is 1. The Hall–Kier alpha value is -2.35.